The van der Waals surface area contributed by atoms with Crippen LogP contribution in [-0.2, 0) is 39.5 Å². The third-order valence-electron chi connectivity index (χ3n) is 8.11. The molecular formula is C29H33Cl2F6N4O6S2+. The molecule has 1 aliphatic carbocycles. The first-order chi connectivity index (χ1) is 22.6. The summed E-state index contributed by atoms with van der Waals surface area (Å²) >= 11 is 12.1. The molecule has 0 amide bonds. The molecule has 1 aromatic heterocycles. The summed E-state index contributed by atoms with van der Waals surface area (Å²) in [5.74, 6) is -0.615. The second kappa shape index (κ2) is 14.5. The quantitative estimate of drug-likeness (QED) is 0.152. The lowest BCUT2D eigenvalue weighted by Gasteiger charge is -2.29. The number of fused-ring (bicyclic) bond motifs is 2. The summed E-state index contributed by atoms with van der Waals surface area (Å²) in [4.78, 5) is 3.31. The molecule has 0 bridgehead atoms. The number of rotatable bonds is 12. The lowest BCUT2D eigenvalue weighted by Crippen LogP contribution is -2.38. The Morgan fingerprint density at radius 3 is 2.04 bits per heavy atom. The Labute approximate surface area is 289 Å². The van der Waals surface area contributed by atoms with Crippen molar-refractivity contribution in [2.24, 2.45) is 0 Å². The van der Waals surface area contributed by atoms with Crippen LogP contribution in [0.2, 0.25) is 5.02 Å². The van der Waals surface area contributed by atoms with E-state index in [2.05, 4.69) is 0 Å². The van der Waals surface area contributed by atoms with E-state index >= 15 is 0 Å². The summed E-state index contributed by atoms with van der Waals surface area (Å²) in [6.45, 7) is 3.80. The highest BCUT2D eigenvalue weighted by molar-refractivity contribution is 7.86. The lowest BCUT2D eigenvalue weighted by molar-refractivity contribution is -0.673. The maximum absolute atomic E-state index is 13.8. The molecule has 2 aliphatic rings. The van der Waals surface area contributed by atoms with Gasteiger partial charge in [0.1, 0.15) is 5.82 Å². The van der Waals surface area contributed by atoms with Gasteiger partial charge in [-0.15, -0.1) is 0 Å². The third kappa shape index (κ3) is 8.94. The fourth-order valence-corrected chi connectivity index (χ4v) is 7.70. The minimum Gasteiger partial charge on any atom is -0.350 e. The standard InChI is InChI=1S/C29H32Cl2F6N4O6S2/c1-3-38-24-16-20(30)18(28(32,33)34)14-22(24)40(10-6-12-48(42,43)44)26(38)8-5-9-27-39(4-2)25-17-21(31)19(29(35,36)37)15-23(25)41(27)11-7-13-49(45,46)47/h5,8-9,14-17,22,24H,3-4,6-7,10-13H2,1-2H3,(H-,42,43,44,45,46,47)/p+1. The third-order valence-corrected chi connectivity index (χ3v) is 10.4. The normalized spacial score (nSPS) is 20.1. The molecule has 1 aromatic carbocycles. The topological polar surface area (TPSA) is 124 Å². The van der Waals surface area contributed by atoms with Gasteiger partial charge in [-0.05, 0) is 38.5 Å². The van der Waals surface area contributed by atoms with Crippen LogP contribution in [0.4, 0.5) is 26.3 Å². The zero-order valence-electron chi connectivity index (χ0n) is 26.0. The Balaban J connectivity index is 1.86. The number of hydrogen-bond acceptors (Lipinski definition) is 6. The number of nitrogens with zero attached hydrogens (tertiary/aromatic N) is 4. The number of benzene rings is 1. The van der Waals surface area contributed by atoms with E-state index in [1.807, 2.05) is 0 Å². The van der Waals surface area contributed by atoms with Gasteiger partial charge in [-0.2, -0.15) is 43.2 Å². The van der Waals surface area contributed by atoms with Crippen LogP contribution < -0.4 is 4.57 Å². The number of halogens is 8. The number of allylic oxidation sites excluding steroid dienone is 4. The Morgan fingerprint density at radius 1 is 0.878 bits per heavy atom. The average molecular weight is 783 g/mol. The molecule has 4 rings (SSSR count). The highest BCUT2D eigenvalue weighted by Gasteiger charge is 2.46. The highest BCUT2D eigenvalue weighted by Crippen LogP contribution is 2.43. The maximum atomic E-state index is 13.8. The van der Waals surface area contributed by atoms with Crippen molar-refractivity contribution in [1.29, 1.82) is 0 Å². The molecular weight excluding hydrogens is 749 g/mol. The van der Waals surface area contributed by atoms with Crippen molar-refractivity contribution in [3.05, 3.63) is 69.3 Å². The Morgan fingerprint density at radius 2 is 1.49 bits per heavy atom. The zero-order valence-corrected chi connectivity index (χ0v) is 29.2. The molecule has 0 spiro atoms. The van der Waals surface area contributed by atoms with E-state index < -0.39 is 77.4 Å². The summed E-state index contributed by atoms with van der Waals surface area (Å²) in [6.07, 6.45) is -3.05. The minimum absolute atomic E-state index is 0.0756. The molecule has 272 valence electrons. The SMILES string of the molecule is CCN1C(=CC=Cc2n(CC)c3cc(Cl)c(C(F)(F)F)cc3[n+]2CCCS(=O)(=O)O)N(CCCS(=O)(=O)O)C2C=C(C(F)(F)F)C(Cl)=CC21. The first-order valence-electron chi connectivity index (χ1n) is 14.9. The summed E-state index contributed by atoms with van der Waals surface area (Å²) in [7, 11) is -8.76. The van der Waals surface area contributed by atoms with Gasteiger partial charge < -0.3 is 9.80 Å². The van der Waals surface area contributed by atoms with E-state index in [4.69, 9.17) is 23.2 Å². The smallest absolute Gasteiger partial charge is 0.350 e. The predicted molar refractivity (Wildman–Crippen MR) is 172 cm³/mol. The van der Waals surface area contributed by atoms with Crippen LogP contribution >= 0.6 is 23.2 Å². The van der Waals surface area contributed by atoms with Gasteiger partial charge in [0.05, 0.1) is 57.9 Å². The number of aryl methyl sites for hydroxylation is 2. The van der Waals surface area contributed by atoms with Crippen molar-refractivity contribution in [2.45, 2.75) is 64.2 Å². The van der Waals surface area contributed by atoms with E-state index in [0.29, 0.717) is 17.2 Å². The van der Waals surface area contributed by atoms with Crippen molar-refractivity contribution < 1.29 is 56.9 Å². The Kier molecular flexibility index (Phi) is 11.5. The molecule has 20 heteroatoms. The van der Waals surface area contributed by atoms with Gasteiger partial charge >= 0.3 is 12.4 Å². The molecule has 10 nitrogen and oxygen atoms in total. The summed E-state index contributed by atoms with van der Waals surface area (Å²) in [6, 6.07) is 0.404. The van der Waals surface area contributed by atoms with E-state index in [0.717, 1.165) is 18.2 Å². The monoisotopic (exact) mass is 781 g/mol. The maximum Gasteiger partial charge on any atom is 0.418 e. The van der Waals surface area contributed by atoms with E-state index in [-0.39, 0.29) is 44.5 Å². The number of imidazole rings is 1. The van der Waals surface area contributed by atoms with Crippen molar-refractivity contribution in [2.75, 3.05) is 24.6 Å². The van der Waals surface area contributed by atoms with Gasteiger partial charge in [0.2, 0.25) is 0 Å². The summed E-state index contributed by atoms with van der Waals surface area (Å²) in [5.41, 5.74) is -1.78. The van der Waals surface area contributed by atoms with Crippen LogP contribution in [0.25, 0.3) is 17.1 Å². The molecule has 1 saturated heterocycles. The molecule has 49 heavy (non-hydrogen) atoms. The molecule has 2 heterocycles. The Bertz CT molecular complexity index is 1940. The molecule has 2 atom stereocenters. The Hall–Kier alpha value is -2.77. The first-order valence-corrected chi connectivity index (χ1v) is 18.9. The van der Waals surface area contributed by atoms with Crippen LogP contribution in [0, 0.1) is 0 Å². The largest absolute Gasteiger partial charge is 0.418 e. The van der Waals surface area contributed by atoms with Crippen molar-refractivity contribution in [3.8, 4) is 0 Å². The minimum atomic E-state index is -4.80. The number of likely N-dealkylation sites (N-methyl/N-ethyl adjacent to an activating group) is 1. The fourth-order valence-electron chi connectivity index (χ4n) is 6.15. The van der Waals surface area contributed by atoms with E-state index in [1.54, 1.807) is 34.3 Å². The van der Waals surface area contributed by atoms with Gasteiger partial charge in [-0.25, -0.2) is 9.13 Å². The van der Waals surface area contributed by atoms with Gasteiger partial charge in [0.15, 0.2) is 11.0 Å². The zero-order chi connectivity index (χ0) is 36.7. The number of aromatic nitrogens is 2. The highest BCUT2D eigenvalue weighted by atomic mass is 35.5. The first kappa shape index (κ1) is 39.0. The molecule has 0 saturated carbocycles. The van der Waals surface area contributed by atoms with Gasteiger partial charge in [-0.1, -0.05) is 29.3 Å². The van der Waals surface area contributed by atoms with Crippen LogP contribution in [0.1, 0.15) is 38.1 Å². The summed E-state index contributed by atoms with van der Waals surface area (Å²) in [5, 5.41) is -1.06. The van der Waals surface area contributed by atoms with Gasteiger partial charge in [-0.3, -0.25) is 9.11 Å². The molecule has 2 N–H and O–H groups in total. The van der Waals surface area contributed by atoms with Crippen LogP contribution in [0.3, 0.4) is 0 Å². The van der Waals surface area contributed by atoms with Crippen LogP contribution in [0.15, 0.2) is 52.9 Å². The fraction of sp³-hybridized carbons (Fsp3) is 0.483. The predicted octanol–water partition coefficient (Wildman–Crippen LogP) is 6.03. The van der Waals surface area contributed by atoms with Gasteiger partial charge in [0.25, 0.3) is 26.1 Å². The van der Waals surface area contributed by atoms with Gasteiger partial charge in [0, 0.05) is 37.7 Å². The molecule has 2 unspecified atom stereocenters. The van der Waals surface area contributed by atoms with Crippen LogP contribution in [-0.4, -0.2) is 83.2 Å². The molecule has 2 aromatic rings. The second-order valence-corrected chi connectivity index (χ2v) is 15.2. The molecule has 1 aliphatic heterocycles. The van der Waals surface area contributed by atoms with Crippen molar-refractivity contribution in [3.63, 3.8) is 0 Å². The van der Waals surface area contributed by atoms with Crippen LogP contribution in [0.5, 0.6) is 0 Å². The second-order valence-electron chi connectivity index (χ2n) is 11.3. The molecule has 1 fully saturated rings. The molecule has 0 radical (unpaired) electrons. The van der Waals surface area contributed by atoms with Crippen molar-refractivity contribution >= 4 is 60.5 Å². The average Bonchev–Trinajstić information content (AvgIpc) is 3.39. The van der Waals surface area contributed by atoms with Crippen molar-refractivity contribution in [1.82, 2.24) is 14.4 Å². The summed E-state index contributed by atoms with van der Waals surface area (Å²) < 4.78 is 150. The van der Waals surface area contributed by atoms with E-state index in [9.17, 15) is 52.3 Å². The van der Waals surface area contributed by atoms with E-state index in [1.165, 1.54) is 22.8 Å². The lowest BCUT2D eigenvalue weighted by atomic mass is 9.97. The number of hydrogen-bond donors (Lipinski definition) is 2. The number of alkyl halides is 6.